The quantitative estimate of drug-likeness (QED) is 0.236. The maximum atomic E-state index is 13.0. The highest BCUT2D eigenvalue weighted by atomic mass is 32.2. The van der Waals surface area contributed by atoms with Crippen molar-refractivity contribution in [3.8, 4) is 11.5 Å². The average molecular weight is 499 g/mol. The molecule has 0 saturated carbocycles. The molecule has 1 N–H and O–H groups in total. The van der Waals surface area contributed by atoms with E-state index in [9.17, 15) is 18.0 Å². The Bertz CT molecular complexity index is 1420. The summed E-state index contributed by atoms with van der Waals surface area (Å²) in [5, 5.41) is 7.18. The standard InChI is InChI=1S/C23H18N2O7S2/c1-14-18(22(26)25(24-14)16-6-8-17(9-7-16)34(28,29)30)12-15-5-10-19(20(13-15)31-2)32-23(27)21-4-3-11-33-21/h3-13H,1-2H3,(H,28,29,30). The van der Waals surface area contributed by atoms with Gasteiger partial charge >= 0.3 is 5.97 Å². The highest BCUT2D eigenvalue weighted by Crippen LogP contribution is 2.31. The van der Waals surface area contributed by atoms with Crippen molar-refractivity contribution in [1.82, 2.24) is 0 Å². The molecule has 174 valence electrons. The predicted molar refractivity (Wildman–Crippen MR) is 127 cm³/mol. The lowest BCUT2D eigenvalue weighted by Gasteiger charge is -2.12. The molecule has 2 aromatic carbocycles. The van der Waals surface area contributed by atoms with E-state index < -0.39 is 22.0 Å². The van der Waals surface area contributed by atoms with Crippen LogP contribution in [0.2, 0.25) is 0 Å². The summed E-state index contributed by atoms with van der Waals surface area (Å²) < 4.78 is 42.4. The van der Waals surface area contributed by atoms with Crippen LogP contribution in [-0.4, -0.2) is 37.7 Å². The topological polar surface area (TPSA) is 123 Å². The van der Waals surface area contributed by atoms with E-state index >= 15 is 0 Å². The third kappa shape index (κ3) is 4.76. The van der Waals surface area contributed by atoms with Gasteiger partial charge in [-0.1, -0.05) is 12.1 Å². The molecule has 0 spiro atoms. The third-order valence-corrected chi connectivity index (χ3v) is 6.58. The number of thiophene rings is 1. The van der Waals surface area contributed by atoms with Crippen molar-refractivity contribution >= 4 is 50.8 Å². The molecular weight excluding hydrogens is 480 g/mol. The molecule has 2 heterocycles. The van der Waals surface area contributed by atoms with Crippen LogP contribution in [0.5, 0.6) is 11.5 Å². The maximum absolute atomic E-state index is 13.0. The SMILES string of the molecule is COc1cc(C=C2C(=O)N(c3ccc(S(=O)(=O)O)cc3)N=C2C)ccc1OC(=O)c1cccs1. The molecule has 3 aromatic rings. The Hall–Kier alpha value is -3.80. The van der Waals surface area contributed by atoms with Crippen LogP contribution in [-0.2, 0) is 14.9 Å². The van der Waals surface area contributed by atoms with E-state index in [0.29, 0.717) is 33.2 Å². The molecule has 1 amide bonds. The maximum Gasteiger partial charge on any atom is 0.353 e. The van der Waals surface area contributed by atoms with E-state index in [2.05, 4.69) is 5.10 Å². The second-order valence-corrected chi connectivity index (χ2v) is 9.48. The van der Waals surface area contributed by atoms with Crippen molar-refractivity contribution < 1.29 is 32.0 Å². The third-order valence-electron chi connectivity index (χ3n) is 4.87. The Balaban J connectivity index is 1.57. The Kier molecular flexibility index (Phi) is 6.33. The summed E-state index contributed by atoms with van der Waals surface area (Å²) in [6, 6.07) is 13.4. The van der Waals surface area contributed by atoms with Gasteiger partial charge < -0.3 is 9.47 Å². The normalized spacial score (nSPS) is 14.9. The predicted octanol–water partition coefficient (Wildman–Crippen LogP) is 4.03. The van der Waals surface area contributed by atoms with Crippen LogP contribution in [0.1, 0.15) is 22.2 Å². The van der Waals surface area contributed by atoms with Crippen LogP contribution < -0.4 is 14.5 Å². The fraction of sp³-hybridized carbons (Fsp3) is 0.0870. The number of hydrogen-bond acceptors (Lipinski definition) is 8. The van der Waals surface area contributed by atoms with E-state index in [4.69, 9.17) is 14.0 Å². The molecule has 0 fully saturated rings. The van der Waals surface area contributed by atoms with E-state index in [0.717, 1.165) is 5.01 Å². The van der Waals surface area contributed by atoms with Gasteiger partial charge in [-0.15, -0.1) is 11.3 Å². The van der Waals surface area contributed by atoms with Gasteiger partial charge in [0.1, 0.15) is 4.88 Å². The number of hydrogen-bond donors (Lipinski definition) is 1. The Labute approximate surface area is 199 Å². The minimum atomic E-state index is -4.34. The lowest BCUT2D eigenvalue weighted by atomic mass is 10.1. The van der Waals surface area contributed by atoms with Crippen molar-refractivity contribution in [1.29, 1.82) is 0 Å². The monoisotopic (exact) mass is 498 g/mol. The largest absolute Gasteiger partial charge is 0.493 e. The molecule has 0 radical (unpaired) electrons. The Morgan fingerprint density at radius 3 is 2.47 bits per heavy atom. The van der Waals surface area contributed by atoms with Crippen molar-refractivity contribution in [2.75, 3.05) is 12.1 Å². The van der Waals surface area contributed by atoms with Crippen LogP contribution in [0.25, 0.3) is 6.08 Å². The van der Waals surface area contributed by atoms with Gasteiger partial charge in [-0.05, 0) is 66.4 Å². The smallest absolute Gasteiger partial charge is 0.353 e. The van der Waals surface area contributed by atoms with Crippen LogP contribution in [0.15, 0.2) is 75.5 Å². The molecule has 1 aromatic heterocycles. The van der Waals surface area contributed by atoms with Crippen molar-refractivity contribution in [3.05, 3.63) is 76.0 Å². The fourth-order valence-electron chi connectivity index (χ4n) is 3.19. The lowest BCUT2D eigenvalue weighted by molar-refractivity contribution is -0.114. The molecule has 4 rings (SSSR count). The number of nitrogens with zero attached hydrogens (tertiary/aromatic N) is 2. The molecule has 0 aliphatic carbocycles. The van der Waals surface area contributed by atoms with E-state index in [1.807, 2.05) is 0 Å². The summed E-state index contributed by atoms with van der Waals surface area (Å²) in [5.41, 5.74) is 1.74. The van der Waals surface area contributed by atoms with Gasteiger partial charge in [0.05, 0.1) is 29.0 Å². The van der Waals surface area contributed by atoms with Crippen LogP contribution in [0.3, 0.4) is 0 Å². The minimum absolute atomic E-state index is 0.242. The number of carbonyl (C=O) groups is 2. The first-order valence-corrected chi connectivity index (χ1v) is 12.1. The molecule has 11 heteroatoms. The number of benzene rings is 2. The van der Waals surface area contributed by atoms with Crippen LogP contribution in [0.4, 0.5) is 5.69 Å². The summed E-state index contributed by atoms with van der Waals surface area (Å²) in [4.78, 5) is 25.4. The molecule has 0 atom stereocenters. The van der Waals surface area contributed by atoms with Gasteiger partial charge in [0.25, 0.3) is 16.0 Å². The van der Waals surface area contributed by atoms with Crippen LogP contribution in [0, 0.1) is 0 Å². The zero-order chi connectivity index (χ0) is 24.5. The van der Waals surface area contributed by atoms with Crippen molar-refractivity contribution in [2.24, 2.45) is 5.10 Å². The molecule has 34 heavy (non-hydrogen) atoms. The average Bonchev–Trinajstić information content (AvgIpc) is 3.44. The summed E-state index contributed by atoms with van der Waals surface area (Å²) in [6.07, 6.45) is 1.63. The van der Waals surface area contributed by atoms with Crippen LogP contribution >= 0.6 is 11.3 Å². The van der Waals surface area contributed by atoms with E-state index in [1.54, 1.807) is 48.7 Å². The van der Waals surface area contributed by atoms with Gasteiger partial charge in [-0.25, -0.2) is 4.79 Å². The second kappa shape index (κ2) is 9.21. The van der Waals surface area contributed by atoms with Crippen molar-refractivity contribution in [3.63, 3.8) is 0 Å². The Morgan fingerprint density at radius 1 is 1.12 bits per heavy atom. The summed E-state index contributed by atoms with van der Waals surface area (Å²) in [5.74, 6) is -0.350. The first-order chi connectivity index (χ1) is 16.2. The van der Waals surface area contributed by atoms with E-state index in [1.165, 1.54) is 42.7 Å². The minimum Gasteiger partial charge on any atom is -0.493 e. The highest BCUT2D eigenvalue weighted by Gasteiger charge is 2.29. The zero-order valence-corrected chi connectivity index (χ0v) is 19.6. The molecule has 0 saturated heterocycles. The van der Waals surface area contributed by atoms with Gasteiger partial charge in [-0.3, -0.25) is 9.35 Å². The molecular formula is C23H18N2O7S2. The van der Waals surface area contributed by atoms with E-state index in [-0.39, 0.29) is 10.6 Å². The van der Waals surface area contributed by atoms with Gasteiger partial charge in [0, 0.05) is 0 Å². The number of anilines is 1. The highest BCUT2D eigenvalue weighted by molar-refractivity contribution is 7.85. The summed E-state index contributed by atoms with van der Waals surface area (Å²) >= 11 is 1.27. The second-order valence-electron chi connectivity index (χ2n) is 7.11. The first kappa shape index (κ1) is 23.4. The summed E-state index contributed by atoms with van der Waals surface area (Å²) in [6.45, 7) is 1.67. The van der Waals surface area contributed by atoms with Gasteiger partial charge in [0.15, 0.2) is 11.5 Å². The van der Waals surface area contributed by atoms with Crippen molar-refractivity contribution in [2.45, 2.75) is 11.8 Å². The fourth-order valence-corrected chi connectivity index (χ4v) is 4.27. The molecule has 1 aliphatic heterocycles. The number of esters is 1. The number of ether oxygens (including phenoxy) is 2. The number of rotatable bonds is 6. The van der Waals surface area contributed by atoms with Gasteiger partial charge in [-0.2, -0.15) is 18.5 Å². The molecule has 0 bridgehead atoms. The first-order valence-electron chi connectivity index (χ1n) is 9.80. The summed E-state index contributed by atoms with van der Waals surface area (Å²) in [7, 11) is -2.90. The number of carbonyl (C=O) groups excluding carboxylic acids is 2. The number of hydrazone groups is 1. The molecule has 9 nitrogen and oxygen atoms in total. The van der Waals surface area contributed by atoms with Gasteiger partial charge in [0.2, 0.25) is 0 Å². The number of methoxy groups -OCH3 is 1. The molecule has 1 aliphatic rings. The Morgan fingerprint density at radius 2 is 1.85 bits per heavy atom. The lowest BCUT2D eigenvalue weighted by Crippen LogP contribution is -2.21. The molecule has 0 unspecified atom stereocenters. The zero-order valence-electron chi connectivity index (χ0n) is 18.0. The number of amides is 1.